The fraction of sp³-hybridized carbons (Fsp3) is 0. The monoisotopic (exact) mass is 345 g/mol. The van der Waals surface area contributed by atoms with Crippen molar-refractivity contribution in [2.24, 2.45) is 4.99 Å². The second-order valence-electron chi connectivity index (χ2n) is 4.40. The van der Waals surface area contributed by atoms with Gasteiger partial charge in [-0.1, -0.05) is 34.1 Å². The number of nitrogens with zero attached hydrogens (tertiary/aromatic N) is 1. The maximum Gasteiger partial charge on any atom is 0.363 e. The molecule has 0 aliphatic carbocycles. The van der Waals surface area contributed by atoms with Gasteiger partial charge in [-0.15, -0.1) is 0 Å². The van der Waals surface area contributed by atoms with Gasteiger partial charge in [0.05, 0.1) is 0 Å². The molecule has 2 aromatic carbocycles. The summed E-state index contributed by atoms with van der Waals surface area (Å²) in [6.45, 7) is 0. The van der Waals surface area contributed by atoms with Gasteiger partial charge >= 0.3 is 5.97 Å². The molecule has 21 heavy (non-hydrogen) atoms. The number of rotatable bonds is 2. The van der Waals surface area contributed by atoms with Gasteiger partial charge in [-0.05, 0) is 42.0 Å². The molecule has 0 N–H and O–H groups in total. The average molecular weight is 346 g/mol. The zero-order valence-corrected chi connectivity index (χ0v) is 12.3. The highest BCUT2D eigenvalue weighted by Gasteiger charge is 2.24. The van der Waals surface area contributed by atoms with E-state index >= 15 is 0 Å². The molecule has 0 radical (unpaired) electrons. The van der Waals surface area contributed by atoms with Crippen molar-refractivity contribution in [3.63, 3.8) is 0 Å². The van der Waals surface area contributed by atoms with E-state index in [2.05, 4.69) is 20.9 Å². The molecule has 0 atom stereocenters. The van der Waals surface area contributed by atoms with Crippen LogP contribution in [0.4, 0.5) is 4.39 Å². The van der Waals surface area contributed by atoms with Crippen LogP contribution in [0.25, 0.3) is 6.08 Å². The lowest BCUT2D eigenvalue weighted by Gasteiger charge is -1.99. The standard InChI is InChI=1S/C16H9BrFNO2/c17-12-5-2-4-11(9-12)15-19-14(16(20)21-15)8-10-3-1-6-13(18)7-10/h1-9H. The minimum atomic E-state index is -0.547. The van der Waals surface area contributed by atoms with Crippen LogP contribution in [-0.2, 0) is 9.53 Å². The highest BCUT2D eigenvalue weighted by molar-refractivity contribution is 9.10. The molecule has 0 unspecified atom stereocenters. The molecule has 3 rings (SSSR count). The van der Waals surface area contributed by atoms with Crippen LogP contribution in [0.2, 0.25) is 0 Å². The summed E-state index contributed by atoms with van der Waals surface area (Å²) in [7, 11) is 0. The highest BCUT2D eigenvalue weighted by Crippen LogP contribution is 2.21. The quantitative estimate of drug-likeness (QED) is 0.610. The van der Waals surface area contributed by atoms with Crippen molar-refractivity contribution >= 4 is 33.9 Å². The molecular formula is C16H9BrFNO2. The van der Waals surface area contributed by atoms with E-state index in [0.29, 0.717) is 11.1 Å². The van der Waals surface area contributed by atoms with Crippen molar-refractivity contribution in [2.45, 2.75) is 0 Å². The third kappa shape index (κ3) is 3.08. The summed E-state index contributed by atoms with van der Waals surface area (Å²) < 4.78 is 19.1. The number of benzene rings is 2. The van der Waals surface area contributed by atoms with E-state index in [1.54, 1.807) is 24.3 Å². The fourth-order valence-corrected chi connectivity index (χ4v) is 2.31. The number of aliphatic imine (C=N–C) groups is 1. The fourth-order valence-electron chi connectivity index (χ4n) is 1.91. The number of halogens is 2. The van der Waals surface area contributed by atoms with Crippen LogP contribution < -0.4 is 0 Å². The van der Waals surface area contributed by atoms with E-state index in [9.17, 15) is 9.18 Å². The SMILES string of the molecule is O=C1OC(c2cccc(Br)c2)=NC1=Cc1cccc(F)c1. The Bertz CT molecular complexity index is 783. The molecule has 0 amide bonds. The average Bonchev–Trinajstić information content (AvgIpc) is 2.80. The Labute approximate surface area is 128 Å². The number of hydrogen-bond donors (Lipinski definition) is 0. The topological polar surface area (TPSA) is 38.7 Å². The number of carbonyl (C=O) groups excluding carboxylic acids is 1. The summed E-state index contributed by atoms with van der Waals surface area (Å²) in [5.41, 5.74) is 1.40. The van der Waals surface area contributed by atoms with Gasteiger partial charge in [0.1, 0.15) is 5.82 Å². The zero-order valence-electron chi connectivity index (χ0n) is 10.7. The molecule has 3 nitrogen and oxygen atoms in total. The van der Waals surface area contributed by atoms with E-state index in [4.69, 9.17) is 4.74 Å². The molecule has 104 valence electrons. The molecule has 0 aromatic heterocycles. The molecule has 0 spiro atoms. The van der Waals surface area contributed by atoms with Crippen molar-refractivity contribution in [1.29, 1.82) is 0 Å². The Balaban J connectivity index is 1.95. The molecule has 2 aromatic rings. The summed E-state index contributed by atoms with van der Waals surface area (Å²) in [4.78, 5) is 16.0. The molecule has 0 bridgehead atoms. The first-order valence-corrected chi connectivity index (χ1v) is 6.95. The first-order chi connectivity index (χ1) is 10.1. The van der Waals surface area contributed by atoms with Crippen LogP contribution in [0.5, 0.6) is 0 Å². The van der Waals surface area contributed by atoms with Crippen LogP contribution >= 0.6 is 15.9 Å². The molecule has 5 heteroatoms. The number of esters is 1. The summed E-state index contributed by atoms with van der Waals surface area (Å²) in [6, 6.07) is 13.2. The van der Waals surface area contributed by atoms with Gasteiger partial charge in [0.2, 0.25) is 5.90 Å². The zero-order chi connectivity index (χ0) is 14.8. The normalized spacial score (nSPS) is 16.0. The van der Waals surface area contributed by atoms with Gasteiger partial charge in [0.25, 0.3) is 0 Å². The Morgan fingerprint density at radius 2 is 1.95 bits per heavy atom. The lowest BCUT2D eigenvalue weighted by molar-refractivity contribution is -0.129. The van der Waals surface area contributed by atoms with Crippen LogP contribution in [0.3, 0.4) is 0 Å². The second kappa shape index (κ2) is 5.61. The summed E-state index contributed by atoms with van der Waals surface area (Å²) >= 11 is 3.35. The predicted molar refractivity (Wildman–Crippen MR) is 81.1 cm³/mol. The summed E-state index contributed by atoms with van der Waals surface area (Å²) in [5.74, 6) is -0.676. The maximum atomic E-state index is 13.1. The number of ether oxygens (including phenoxy) is 1. The van der Waals surface area contributed by atoms with Crippen molar-refractivity contribution in [1.82, 2.24) is 0 Å². The van der Waals surface area contributed by atoms with Gasteiger partial charge in [0, 0.05) is 10.0 Å². The second-order valence-corrected chi connectivity index (χ2v) is 5.32. The van der Waals surface area contributed by atoms with E-state index in [0.717, 1.165) is 4.47 Å². The maximum absolute atomic E-state index is 13.1. The van der Waals surface area contributed by atoms with Crippen molar-refractivity contribution < 1.29 is 13.9 Å². The third-order valence-electron chi connectivity index (χ3n) is 2.84. The lowest BCUT2D eigenvalue weighted by Crippen LogP contribution is -2.05. The van der Waals surface area contributed by atoms with Crippen LogP contribution in [0.1, 0.15) is 11.1 Å². The Morgan fingerprint density at radius 1 is 1.14 bits per heavy atom. The van der Waals surface area contributed by atoms with Gasteiger partial charge in [-0.25, -0.2) is 14.2 Å². The largest absolute Gasteiger partial charge is 0.402 e. The van der Waals surface area contributed by atoms with Gasteiger partial charge < -0.3 is 4.74 Å². The first kappa shape index (κ1) is 13.7. The van der Waals surface area contributed by atoms with Crippen LogP contribution in [0.15, 0.2) is 63.7 Å². The molecule has 0 saturated carbocycles. The van der Waals surface area contributed by atoms with Crippen LogP contribution in [0, 0.1) is 5.82 Å². The van der Waals surface area contributed by atoms with Gasteiger partial charge in [-0.2, -0.15) is 0 Å². The minimum absolute atomic E-state index is 0.149. The Hall–Kier alpha value is -2.27. The van der Waals surface area contributed by atoms with Crippen molar-refractivity contribution in [3.8, 4) is 0 Å². The summed E-state index contributed by atoms with van der Waals surface area (Å²) in [5, 5.41) is 0. The predicted octanol–water partition coefficient (Wildman–Crippen LogP) is 3.93. The lowest BCUT2D eigenvalue weighted by atomic mass is 10.2. The molecular weight excluding hydrogens is 337 g/mol. The first-order valence-electron chi connectivity index (χ1n) is 6.16. The van der Waals surface area contributed by atoms with E-state index in [-0.39, 0.29) is 17.4 Å². The van der Waals surface area contributed by atoms with E-state index < -0.39 is 5.97 Å². The molecule has 0 fully saturated rings. The number of hydrogen-bond acceptors (Lipinski definition) is 3. The number of cyclic esters (lactones) is 1. The summed E-state index contributed by atoms with van der Waals surface area (Å²) in [6.07, 6.45) is 1.50. The van der Waals surface area contributed by atoms with E-state index in [1.165, 1.54) is 18.2 Å². The molecule has 1 aliphatic heterocycles. The Morgan fingerprint density at radius 3 is 2.71 bits per heavy atom. The molecule has 1 heterocycles. The van der Waals surface area contributed by atoms with Crippen molar-refractivity contribution in [2.75, 3.05) is 0 Å². The van der Waals surface area contributed by atoms with Crippen LogP contribution in [-0.4, -0.2) is 11.9 Å². The van der Waals surface area contributed by atoms with Crippen molar-refractivity contribution in [3.05, 3.63) is 75.6 Å². The third-order valence-corrected chi connectivity index (χ3v) is 3.34. The van der Waals surface area contributed by atoms with Gasteiger partial charge in [-0.3, -0.25) is 0 Å². The molecule has 1 aliphatic rings. The number of carbonyl (C=O) groups is 1. The Kier molecular flexibility index (Phi) is 3.66. The van der Waals surface area contributed by atoms with Gasteiger partial charge in [0.15, 0.2) is 5.70 Å². The van der Waals surface area contributed by atoms with E-state index in [1.807, 2.05) is 12.1 Å². The highest BCUT2D eigenvalue weighted by atomic mass is 79.9. The minimum Gasteiger partial charge on any atom is -0.402 e. The molecule has 0 saturated heterocycles. The smallest absolute Gasteiger partial charge is 0.363 e.